The number of nitrogens with zero attached hydrogens (tertiary/aromatic N) is 1. The highest BCUT2D eigenvalue weighted by molar-refractivity contribution is 9.10. The van der Waals surface area contributed by atoms with Crippen molar-refractivity contribution in [3.8, 4) is 0 Å². The van der Waals surface area contributed by atoms with E-state index in [2.05, 4.69) is 21.2 Å². The molecule has 2 amide bonds. The molecule has 0 saturated heterocycles. The zero-order valence-corrected chi connectivity index (χ0v) is 16.9. The van der Waals surface area contributed by atoms with E-state index in [1.165, 1.54) is 4.90 Å². The van der Waals surface area contributed by atoms with Crippen LogP contribution in [0.3, 0.4) is 0 Å². The normalized spacial score (nSPS) is 12.0. The van der Waals surface area contributed by atoms with E-state index in [0.29, 0.717) is 12.1 Å². The lowest BCUT2D eigenvalue weighted by atomic mass is 10.0. The molecule has 7 nitrogen and oxygen atoms in total. The number of carbonyl (C=O) groups excluding carboxylic acids is 2. The second-order valence-corrected chi connectivity index (χ2v) is 7.52. The smallest absolute Gasteiger partial charge is 0.412 e. The monoisotopic (exact) mass is 428 g/mol. The van der Waals surface area contributed by atoms with Crippen molar-refractivity contribution in [2.75, 3.05) is 11.9 Å². The Kier molecular flexibility index (Phi) is 8.57. The van der Waals surface area contributed by atoms with E-state index in [4.69, 9.17) is 9.84 Å². The van der Waals surface area contributed by atoms with Crippen LogP contribution in [0.2, 0.25) is 0 Å². The molecule has 8 heteroatoms. The summed E-state index contributed by atoms with van der Waals surface area (Å²) in [6.45, 7) is 6.79. The first-order valence-corrected chi connectivity index (χ1v) is 9.15. The molecule has 1 aromatic rings. The third kappa shape index (κ3) is 7.43. The van der Waals surface area contributed by atoms with E-state index in [1.807, 2.05) is 13.8 Å². The van der Waals surface area contributed by atoms with Crippen LogP contribution in [0.25, 0.3) is 0 Å². The Morgan fingerprint density at radius 3 is 2.19 bits per heavy atom. The van der Waals surface area contributed by atoms with E-state index in [0.717, 1.165) is 4.47 Å². The molecular formula is C18H25BrN2O5. The molecule has 0 saturated carbocycles. The van der Waals surface area contributed by atoms with Gasteiger partial charge in [-0.05, 0) is 50.5 Å². The molecule has 1 aromatic carbocycles. The minimum atomic E-state index is -1.12. The molecule has 0 aromatic heterocycles. The Balaban J connectivity index is 2.86. The maximum atomic E-state index is 12.7. The van der Waals surface area contributed by atoms with Crippen molar-refractivity contribution in [3.63, 3.8) is 0 Å². The van der Waals surface area contributed by atoms with Gasteiger partial charge in [-0.25, -0.2) is 4.79 Å². The lowest BCUT2D eigenvalue weighted by Gasteiger charge is -2.29. The number of halogens is 1. The molecular weight excluding hydrogens is 404 g/mol. The van der Waals surface area contributed by atoms with Gasteiger partial charge >= 0.3 is 12.1 Å². The van der Waals surface area contributed by atoms with Gasteiger partial charge in [0, 0.05) is 16.2 Å². The first kappa shape index (κ1) is 22.0. The molecule has 2 N–H and O–H groups in total. The van der Waals surface area contributed by atoms with Crippen LogP contribution in [0.1, 0.15) is 34.1 Å². The fourth-order valence-electron chi connectivity index (χ4n) is 2.28. The van der Waals surface area contributed by atoms with Crippen molar-refractivity contribution >= 4 is 39.6 Å². The van der Waals surface area contributed by atoms with Crippen LogP contribution in [0.5, 0.6) is 0 Å². The van der Waals surface area contributed by atoms with Gasteiger partial charge in [0.25, 0.3) is 5.91 Å². The average molecular weight is 429 g/mol. The second kappa shape index (κ2) is 10.2. The Bertz CT molecular complexity index is 631. The van der Waals surface area contributed by atoms with Crippen molar-refractivity contribution in [2.24, 2.45) is 5.92 Å². The summed E-state index contributed by atoms with van der Waals surface area (Å²) in [5, 5.41) is 11.6. The van der Waals surface area contributed by atoms with Crippen LogP contribution >= 0.6 is 15.9 Å². The molecule has 1 rings (SSSR count). The zero-order chi connectivity index (χ0) is 19.9. The van der Waals surface area contributed by atoms with Gasteiger partial charge in [0.2, 0.25) is 0 Å². The standard InChI is InChI=1S/C18H25BrN2O5/c1-11(2)9-15(17(24)21(12(3)4)10-16(22)23)26-18(25)20-14-7-5-13(19)6-8-14/h5-8,11-12,15H,9-10H2,1-4H3,(H,20,25)(H,22,23). The highest BCUT2D eigenvalue weighted by Gasteiger charge is 2.31. The van der Waals surface area contributed by atoms with E-state index in [9.17, 15) is 14.4 Å². The molecule has 26 heavy (non-hydrogen) atoms. The van der Waals surface area contributed by atoms with E-state index in [1.54, 1.807) is 38.1 Å². The van der Waals surface area contributed by atoms with Crippen LogP contribution in [0.15, 0.2) is 28.7 Å². The minimum absolute atomic E-state index is 0.0864. The van der Waals surface area contributed by atoms with Gasteiger partial charge in [0.05, 0.1) is 0 Å². The quantitative estimate of drug-likeness (QED) is 0.657. The molecule has 0 fully saturated rings. The largest absolute Gasteiger partial charge is 0.480 e. The summed E-state index contributed by atoms with van der Waals surface area (Å²) in [5.41, 5.74) is 0.528. The van der Waals surface area contributed by atoms with E-state index >= 15 is 0 Å². The van der Waals surface area contributed by atoms with Crippen LogP contribution in [0.4, 0.5) is 10.5 Å². The molecule has 0 heterocycles. The Labute approximate surface area is 161 Å². The van der Waals surface area contributed by atoms with Crippen LogP contribution in [-0.4, -0.2) is 46.7 Å². The Morgan fingerprint density at radius 1 is 1.15 bits per heavy atom. The second-order valence-electron chi connectivity index (χ2n) is 6.61. The van der Waals surface area contributed by atoms with Gasteiger partial charge in [0.1, 0.15) is 6.54 Å². The molecule has 144 valence electrons. The Hall–Kier alpha value is -2.09. The predicted octanol–water partition coefficient (Wildman–Crippen LogP) is 3.73. The van der Waals surface area contributed by atoms with Crippen LogP contribution in [0, 0.1) is 5.92 Å². The number of carboxylic acid groups (broad SMARTS) is 1. The van der Waals surface area contributed by atoms with E-state index < -0.39 is 30.6 Å². The average Bonchev–Trinajstić information content (AvgIpc) is 2.52. The number of nitrogens with one attached hydrogen (secondary N) is 1. The summed E-state index contributed by atoms with van der Waals surface area (Å²) in [5.74, 6) is -1.54. The predicted molar refractivity (Wildman–Crippen MR) is 102 cm³/mol. The summed E-state index contributed by atoms with van der Waals surface area (Å²) in [6, 6.07) is 6.58. The van der Waals surface area contributed by atoms with Crippen molar-refractivity contribution in [2.45, 2.75) is 46.3 Å². The van der Waals surface area contributed by atoms with Crippen LogP contribution in [-0.2, 0) is 14.3 Å². The van der Waals surface area contributed by atoms with E-state index in [-0.39, 0.29) is 12.0 Å². The van der Waals surface area contributed by atoms with Gasteiger partial charge in [-0.2, -0.15) is 0 Å². The third-order valence-corrected chi connectivity index (χ3v) is 4.04. The number of amides is 2. The SMILES string of the molecule is CC(C)CC(OC(=O)Nc1ccc(Br)cc1)C(=O)N(CC(=O)O)C(C)C. The Morgan fingerprint density at radius 2 is 1.73 bits per heavy atom. The number of hydrogen-bond donors (Lipinski definition) is 2. The highest BCUT2D eigenvalue weighted by atomic mass is 79.9. The molecule has 0 aliphatic rings. The number of carboxylic acids is 1. The molecule has 0 bridgehead atoms. The molecule has 0 aliphatic heterocycles. The fraction of sp³-hybridized carbons (Fsp3) is 0.500. The maximum absolute atomic E-state index is 12.7. The molecule has 1 atom stereocenters. The van der Waals surface area contributed by atoms with Crippen molar-refractivity contribution in [1.29, 1.82) is 0 Å². The lowest BCUT2D eigenvalue weighted by Crippen LogP contribution is -2.48. The first-order chi connectivity index (χ1) is 12.1. The first-order valence-electron chi connectivity index (χ1n) is 8.35. The zero-order valence-electron chi connectivity index (χ0n) is 15.4. The number of aliphatic carboxylic acids is 1. The number of carbonyl (C=O) groups is 3. The molecule has 1 unspecified atom stereocenters. The summed E-state index contributed by atoms with van der Waals surface area (Å²) in [7, 11) is 0. The summed E-state index contributed by atoms with van der Waals surface area (Å²) in [4.78, 5) is 37.1. The molecule has 0 radical (unpaired) electrons. The maximum Gasteiger partial charge on any atom is 0.412 e. The van der Waals surface area contributed by atoms with Gasteiger partial charge in [0.15, 0.2) is 6.10 Å². The van der Waals surface area contributed by atoms with Gasteiger partial charge in [-0.1, -0.05) is 29.8 Å². The number of rotatable bonds is 8. The number of ether oxygens (including phenoxy) is 1. The number of anilines is 1. The molecule has 0 spiro atoms. The van der Waals surface area contributed by atoms with Gasteiger partial charge in [-0.3, -0.25) is 14.9 Å². The van der Waals surface area contributed by atoms with Crippen molar-refractivity contribution < 1.29 is 24.2 Å². The number of benzene rings is 1. The van der Waals surface area contributed by atoms with Crippen molar-refractivity contribution in [1.82, 2.24) is 4.90 Å². The minimum Gasteiger partial charge on any atom is -0.480 e. The lowest BCUT2D eigenvalue weighted by molar-refractivity contribution is -0.150. The summed E-state index contributed by atoms with van der Waals surface area (Å²) < 4.78 is 6.19. The summed E-state index contributed by atoms with van der Waals surface area (Å²) in [6.07, 6.45) is -1.51. The van der Waals surface area contributed by atoms with Gasteiger partial charge in [-0.15, -0.1) is 0 Å². The molecule has 0 aliphatic carbocycles. The summed E-state index contributed by atoms with van der Waals surface area (Å²) >= 11 is 3.31. The van der Waals surface area contributed by atoms with Crippen molar-refractivity contribution in [3.05, 3.63) is 28.7 Å². The van der Waals surface area contributed by atoms with Gasteiger partial charge < -0.3 is 14.7 Å². The number of hydrogen-bond acceptors (Lipinski definition) is 4. The third-order valence-electron chi connectivity index (χ3n) is 3.51. The van der Waals surface area contributed by atoms with Crippen LogP contribution < -0.4 is 5.32 Å². The fourth-order valence-corrected chi connectivity index (χ4v) is 2.55. The highest BCUT2D eigenvalue weighted by Crippen LogP contribution is 2.17. The topological polar surface area (TPSA) is 95.9 Å².